The second kappa shape index (κ2) is 10.9. The van der Waals surface area contributed by atoms with Gasteiger partial charge in [-0.05, 0) is 37.5 Å². The quantitative estimate of drug-likeness (QED) is 0.609. The first kappa shape index (κ1) is 23.4. The van der Waals surface area contributed by atoms with Crippen LogP contribution < -0.4 is 14.8 Å². The molecule has 0 saturated heterocycles. The SMILES string of the molecule is Cc1ccc([C@H](C(=O)NC2CCCCC2)N(C[C@H]2COc3ccccc3O2)C(=O)CCl)cc1. The number of aryl methyl sites for hydroxylation is 1. The number of nitrogens with one attached hydrogen (secondary N) is 1. The highest BCUT2D eigenvalue weighted by Crippen LogP contribution is 2.32. The Kier molecular flexibility index (Phi) is 7.76. The molecule has 2 atom stereocenters. The maximum Gasteiger partial charge on any atom is 0.247 e. The smallest absolute Gasteiger partial charge is 0.247 e. The number of rotatable bonds is 7. The van der Waals surface area contributed by atoms with Crippen LogP contribution in [-0.2, 0) is 9.59 Å². The minimum Gasteiger partial charge on any atom is -0.486 e. The molecule has 33 heavy (non-hydrogen) atoms. The van der Waals surface area contributed by atoms with Gasteiger partial charge in [-0.1, -0.05) is 61.2 Å². The predicted molar refractivity (Wildman–Crippen MR) is 128 cm³/mol. The average Bonchev–Trinajstić information content (AvgIpc) is 2.85. The first-order valence-corrected chi connectivity index (χ1v) is 12.2. The number of carbonyl (C=O) groups is 2. The van der Waals surface area contributed by atoms with Crippen LogP contribution in [0.15, 0.2) is 48.5 Å². The summed E-state index contributed by atoms with van der Waals surface area (Å²) in [6.45, 7) is 2.47. The number of nitrogens with zero attached hydrogens (tertiary/aromatic N) is 1. The van der Waals surface area contributed by atoms with E-state index in [1.807, 2.05) is 55.5 Å². The molecule has 0 unspecified atom stereocenters. The molecule has 1 heterocycles. The van der Waals surface area contributed by atoms with Crippen LogP contribution in [0.25, 0.3) is 0 Å². The largest absolute Gasteiger partial charge is 0.486 e. The molecule has 4 rings (SSSR count). The maximum absolute atomic E-state index is 13.6. The lowest BCUT2D eigenvalue weighted by molar-refractivity contribution is -0.141. The van der Waals surface area contributed by atoms with Crippen molar-refractivity contribution >= 4 is 23.4 Å². The zero-order chi connectivity index (χ0) is 23.2. The molecular weight excluding hydrogens is 440 g/mol. The van der Waals surface area contributed by atoms with Gasteiger partial charge in [0, 0.05) is 6.04 Å². The maximum atomic E-state index is 13.6. The van der Waals surface area contributed by atoms with E-state index in [1.165, 1.54) is 11.3 Å². The zero-order valence-corrected chi connectivity index (χ0v) is 19.7. The normalized spacial score (nSPS) is 18.9. The monoisotopic (exact) mass is 470 g/mol. The third-order valence-corrected chi connectivity index (χ3v) is 6.54. The fraction of sp³-hybridized carbons (Fsp3) is 0.462. The van der Waals surface area contributed by atoms with Gasteiger partial charge >= 0.3 is 0 Å². The summed E-state index contributed by atoms with van der Waals surface area (Å²) in [5.41, 5.74) is 1.84. The van der Waals surface area contributed by atoms with Gasteiger partial charge in [0.25, 0.3) is 0 Å². The van der Waals surface area contributed by atoms with Crippen LogP contribution in [0.5, 0.6) is 11.5 Å². The Labute approximate surface area is 200 Å². The third-order valence-electron chi connectivity index (χ3n) is 6.31. The number of halogens is 1. The van der Waals surface area contributed by atoms with Crippen molar-refractivity contribution in [2.45, 2.75) is 57.2 Å². The van der Waals surface area contributed by atoms with E-state index in [9.17, 15) is 9.59 Å². The van der Waals surface area contributed by atoms with Gasteiger partial charge in [0.05, 0.1) is 6.54 Å². The van der Waals surface area contributed by atoms with Gasteiger partial charge in [-0.15, -0.1) is 11.6 Å². The summed E-state index contributed by atoms with van der Waals surface area (Å²) in [6, 6.07) is 14.5. The van der Waals surface area contributed by atoms with Crippen molar-refractivity contribution in [3.8, 4) is 11.5 Å². The molecule has 7 heteroatoms. The molecular formula is C26H31ClN2O4. The van der Waals surface area contributed by atoms with Crippen molar-refractivity contribution in [1.29, 1.82) is 0 Å². The minimum atomic E-state index is -0.792. The first-order valence-electron chi connectivity index (χ1n) is 11.7. The Morgan fingerprint density at radius 3 is 2.45 bits per heavy atom. The van der Waals surface area contributed by atoms with Gasteiger partial charge in [-0.2, -0.15) is 0 Å². The van der Waals surface area contributed by atoms with Gasteiger partial charge in [-0.25, -0.2) is 0 Å². The summed E-state index contributed by atoms with van der Waals surface area (Å²) in [5.74, 6) is 0.591. The van der Waals surface area contributed by atoms with Crippen molar-refractivity contribution in [3.05, 3.63) is 59.7 Å². The fourth-order valence-electron chi connectivity index (χ4n) is 4.55. The van der Waals surface area contributed by atoms with Gasteiger partial charge in [0.2, 0.25) is 11.8 Å². The summed E-state index contributed by atoms with van der Waals surface area (Å²) in [5, 5.41) is 3.20. The Balaban J connectivity index is 1.59. The first-order chi connectivity index (χ1) is 16.0. The summed E-state index contributed by atoms with van der Waals surface area (Å²) >= 11 is 6.00. The van der Waals surface area contributed by atoms with Crippen molar-refractivity contribution in [2.24, 2.45) is 0 Å². The van der Waals surface area contributed by atoms with Crippen LogP contribution in [0.4, 0.5) is 0 Å². The molecule has 2 aromatic rings. The number of hydrogen-bond acceptors (Lipinski definition) is 4. The molecule has 1 saturated carbocycles. The van der Waals surface area contributed by atoms with E-state index in [0.717, 1.165) is 36.8 Å². The molecule has 1 aliphatic carbocycles. The number of carbonyl (C=O) groups excluding carboxylic acids is 2. The third kappa shape index (κ3) is 5.80. The number of para-hydroxylation sites is 2. The summed E-state index contributed by atoms with van der Waals surface area (Å²) in [6.07, 6.45) is 4.93. The highest BCUT2D eigenvalue weighted by atomic mass is 35.5. The highest BCUT2D eigenvalue weighted by Gasteiger charge is 2.35. The van der Waals surface area contributed by atoms with E-state index in [1.54, 1.807) is 0 Å². The zero-order valence-electron chi connectivity index (χ0n) is 19.0. The molecule has 1 aliphatic heterocycles. The van der Waals surface area contributed by atoms with E-state index in [-0.39, 0.29) is 36.9 Å². The number of ether oxygens (including phenoxy) is 2. The number of benzene rings is 2. The molecule has 0 aromatic heterocycles. The van der Waals surface area contributed by atoms with Gasteiger partial charge in [-0.3, -0.25) is 9.59 Å². The highest BCUT2D eigenvalue weighted by molar-refractivity contribution is 6.27. The lowest BCUT2D eigenvalue weighted by Gasteiger charge is -2.36. The molecule has 2 amide bonds. The lowest BCUT2D eigenvalue weighted by atomic mass is 9.94. The van der Waals surface area contributed by atoms with E-state index in [0.29, 0.717) is 11.5 Å². The van der Waals surface area contributed by atoms with Gasteiger partial charge in [0.1, 0.15) is 18.5 Å². The van der Waals surface area contributed by atoms with Crippen molar-refractivity contribution in [2.75, 3.05) is 19.0 Å². The summed E-state index contributed by atoms with van der Waals surface area (Å²) < 4.78 is 11.9. The molecule has 2 aromatic carbocycles. The Bertz CT molecular complexity index is 959. The molecule has 1 N–H and O–H groups in total. The Hall–Kier alpha value is -2.73. The van der Waals surface area contributed by atoms with Crippen LogP contribution in [0, 0.1) is 6.92 Å². The number of amides is 2. The molecule has 2 aliphatic rings. The van der Waals surface area contributed by atoms with Crippen LogP contribution in [0.2, 0.25) is 0 Å². The van der Waals surface area contributed by atoms with Gasteiger partial charge in [0.15, 0.2) is 17.6 Å². The Morgan fingerprint density at radius 2 is 1.76 bits per heavy atom. The van der Waals surface area contributed by atoms with Crippen LogP contribution in [-0.4, -0.2) is 47.9 Å². The van der Waals surface area contributed by atoms with Crippen molar-refractivity contribution in [3.63, 3.8) is 0 Å². The number of alkyl halides is 1. The van der Waals surface area contributed by atoms with E-state index in [4.69, 9.17) is 21.1 Å². The van der Waals surface area contributed by atoms with Gasteiger partial charge < -0.3 is 19.7 Å². The minimum absolute atomic E-state index is 0.133. The van der Waals surface area contributed by atoms with Crippen LogP contribution in [0.3, 0.4) is 0 Å². The fourth-order valence-corrected chi connectivity index (χ4v) is 4.70. The van der Waals surface area contributed by atoms with Crippen LogP contribution >= 0.6 is 11.6 Å². The topological polar surface area (TPSA) is 67.9 Å². The molecule has 176 valence electrons. The van der Waals surface area contributed by atoms with E-state index < -0.39 is 12.1 Å². The second-order valence-corrected chi connectivity index (χ2v) is 9.10. The van der Waals surface area contributed by atoms with Crippen molar-refractivity contribution < 1.29 is 19.1 Å². The number of fused-ring (bicyclic) bond motifs is 1. The second-order valence-electron chi connectivity index (χ2n) is 8.83. The van der Waals surface area contributed by atoms with Crippen molar-refractivity contribution in [1.82, 2.24) is 10.2 Å². The lowest BCUT2D eigenvalue weighted by Crippen LogP contribution is -2.51. The summed E-state index contributed by atoms with van der Waals surface area (Å²) in [7, 11) is 0. The Morgan fingerprint density at radius 1 is 1.06 bits per heavy atom. The molecule has 6 nitrogen and oxygen atoms in total. The standard InChI is InChI=1S/C26H31ClN2O4/c1-18-11-13-19(14-12-18)25(26(31)28-20-7-3-2-4-8-20)29(24(30)15-27)16-21-17-32-22-9-5-6-10-23(22)33-21/h5-6,9-14,20-21,25H,2-4,7-8,15-17H2,1H3,(H,28,31)/t21-,25+/m0/s1. The summed E-state index contributed by atoms with van der Waals surface area (Å²) in [4.78, 5) is 28.1. The molecule has 0 radical (unpaired) electrons. The molecule has 0 spiro atoms. The molecule has 1 fully saturated rings. The predicted octanol–water partition coefficient (Wildman–Crippen LogP) is 4.39. The van der Waals surface area contributed by atoms with E-state index in [2.05, 4.69) is 5.32 Å². The van der Waals surface area contributed by atoms with Crippen LogP contribution in [0.1, 0.15) is 49.3 Å². The van der Waals surface area contributed by atoms with E-state index >= 15 is 0 Å². The number of hydrogen-bond donors (Lipinski definition) is 1. The molecule has 0 bridgehead atoms. The average molecular weight is 471 g/mol.